The zero-order valence-corrected chi connectivity index (χ0v) is 9.15. The fourth-order valence-electron chi connectivity index (χ4n) is 2.11. The SMILES string of the molecule is CC(O)c1noc(C2CCCCCC2)n1. The number of aromatic nitrogens is 2. The van der Waals surface area contributed by atoms with Gasteiger partial charge in [-0.1, -0.05) is 30.8 Å². The standard InChI is InChI=1S/C11H18N2O2/c1-8(14)10-12-11(15-13-10)9-6-4-2-3-5-7-9/h8-9,14H,2-7H2,1H3. The van der Waals surface area contributed by atoms with E-state index in [-0.39, 0.29) is 0 Å². The van der Waals surface area contributed by atoms with Crippen LogP contribution in [0, 0.1) is 0 Å². The molecular formula is C11H18N2O2. The molecule has 0 radical (unpaired) electrons. The summed E-state index contributed by atoms with van der Waals surface area (Å²) in [5.74, 6) is 1.54. The first-order valence-corrected chi connectivity index (χ1v) is 5.79. The van der Waals surface area contributed by atoms with Crippen molar-refractivity contribution in [1.82, 2.24) is 10.1 Å². The Bertz CT molecular complexity index is 301. The van der Waals surface area contributed by atoms with Gasteiger partial charge in [-0.3, -0.25) is 0 Å². The van der Waals surface area contributed by atoms with E-state index in [1.807, 2.05) is 0 Å². The van der Waals surface area contributed by atoms with Gasteiger partial charge in [0.2, 0.25) is 5.89 Å². The highest BCUT2D eigenvalue weighted by molar-refractivity contribution is 4.96. The summed E-state index contributed by atoms with van der Waals surface area (Å²) in [6.45, 7) is 1.65. The van der Waals surface area contributed by atoms with Crippen LogP contribution in [-0.4, -0.2) is 15.2 Å². The molecular weight excluding hydrogens is 192 g/mol. The van der Waals surface area contributed by atoms with Crippen LogP contribution in [0.2, 0.25) is 0 Å². The molecule has 2 rings (SSSR count). The molecule has 1 saturated carbocycles. The average molecular weight is 210 g/mol. The molecule has 0 bridgehead atoms. The Balaban J connectivity index is 2.06. The molecule has 0 aliphatic heterocycles. The largest absolute Gasteiger partial charge is 0.385 e. The summed E-state index contributed by atoms with van der Waals surface area (Å²) < 4.78 is 5.20. The molecule has 1 N–H and O–H groups in total. The Kier molecular flexibility index (Phi) is 3.36. The van der Waals surface area contributed by atoms with Gasteiger partial charge in [-0.05, 0) is 19.8 Å². The maximum absolute atomic E-state index is 9.31. The molecule has 1 aromatic rings. The third-order valence-electron chi connectivity index (χ3n) is 3.04. The van der Waals surface area contributed by atoms with Gasteiger partial charge in [-0.15, -0.1) is 0 Å². The van der Waals surface area contributed by atoms with Gasteiger partial charge in [0.15, 0.2) is 5.82 Å². The molecule has 1 fully saturated rings. The van der Waals surface area contributed by atoms with Crippen molar-refractivity contribution in [1.29, 1.82) is 0 Å². The second-order valence-electron chi connectivity index (χ2n) is 4.36. The molecule has 1 aromatic heterocycles. The molecule has 1 unspecified atom stereocenters. The van der Waals surface area contributed by atoms with Crippen molar-refractivity contribution in [2.75, 3.05) is 0 Å². The van der Waals surface area contributed by atoms with Crippen LogP contribution in [0.4, 0.5) is 0 Å². The predicted molar refractivity (Wildman–Crippen MR) is 55.4 cm³/mol. The van der Waals surface area contributed by atoms with Crippen LogP contribution in [0.15, 0.2) is 4.52 Å². The fraction of sp³-hybridized carbons (Fsp3) is 0.818. The maximum Gasteiger partial charge on any atom is 0.229 e. The van der Waals surface area contributed by atoms with Gasteiger partial charge in [0.05, 0.1) is 0 Å². The molecule has 0 saturated heterocycles. The quantitative estimate of drug-likeness (QED) is 0.762. The second kappa shape index (κ2) is 4.75. The number of nitrogens with zero attached hydrogens (tertiary/aromatic N) is 2. The summed E-state index contributed by atoms with van der Waals surface area (Å²) in [6.07, 6.45) is 6.77. The lowest BCUT2D eigenvalue weighted by Gasteiger charge is -2.06. The summed E-state index contributed by atoms with van der Waals surface area (Å²) in [5.41, 5.74) is 0. The van der Waals surface area contributed by atoms with Gasteiger partial charge in [0.1, 0.15) is 6.10 Å². The van der Waals surface area contributed by atoms with E-state index in [0.29, 0.717) is 17.6 Å². The Labute approximate surface area is 89.7 Å². The highest BCUT2D eigenvalue weighted by Crippen LogP contribution is 2.30. The number of rotatable bonds is 2. The van der Waals surface area contributed by atoms with Crippen LogP contribution < -0.4 is 0 Å². The van der Waals surface area contributed by atoms with Crippen molar-refractivity contribution < 1.29 is 9.63 Å². The highest BCUT2D eigenvalue weighted by atomic mass is 16.5. The summed E-state index contributed by atoms with van der Waals surface area (Å²) in [4.78, 5) is 4.25. The first-order valence-electron chi connectivity index (χ1n) is 5.79. The minimum absolute atomic E-state index is 0.410. The van der Waals surface area contributed by atoms with Crippen LogP contribution >= 0.6 is 0 Å². The van der Waals surface area contributed by atoms with E-state index in [9.17, 15) is 5.11 Å². The van der Waals surface area contributed by atoms with Gasteiger partial charge in [0.25, 0.3) is 0 Å². The van der Waals surface area contributed by atoms with Crippen molar-refractivity contribution in [3.05, 3.63) is 11.7 Å². The first kappa shape index (κ1) is 10.6. The van der Waals surface area contributed by atoms with Crippen molar-refractivity contribution in [2.24, 2.45) is 0 Å². The number of aliphatic hydroxyl groups is 1. The lowest BCUT2D eigenvalue weighted by atomic mass is 10.0. The van der Waals surface area contributed by atoms with Crippen LogP contribution in [-0.2, 0) is 0 Å². The predicted octanol–water partition coefficient (Wildman–Crippen LogP) is 2.56. The van der Waals surface area contributed by atoms with E-state index in [0.717, 1.165) is 12.8 Å². The van der Waals surface area contributed by atoms with E-state index < -0.39 is 6.10 Å². The van der Waals surface area contributed by atoms with Gasteiger partial charge in [0, 0.05) is 5.92 Å². The van der Waals surface area contributed by atoms with Crippen molar-refractivity contribution in [3.63, 3.8) is 0 Å². The van der Waals surface area contributed by atoms with Crippen LogP contribution in [0.5, 0.6) is 0 Å². The number of hydrogen-bond donors (Lipinski definition) is 1. The molecule has 1 heterocycles. The third-order valence-corrected chi connectivity index (χ3v) is 3.04. The summed E-state index contributed by atoms with van der Waals surface area (Å²) in [6, 6.07) is 0. The number of aliphatic hydroxyl groups excluding tert-OH is 1. The lowest BCUT2D eigenvalue weighted by molar-refractivity contribution is 0.184. The van der Waals surface area contributed by atoms with E-state index in [4.69, 9.17) is 4.52 Å². The van der Waals surface area contributed by atoms with E-state index >= 15 is 0 Å². The molecule has 15 heavy (non-hydrogen) atoms. The zero-order valence-electron chi connectivity index (χ0n) is 9.15. The maximum atomic E-state index is 9.31. The second-order valence-corrected chi connectivity index (χ2v) is 4.36. The molecule has 0 amide bonds. The van der Waals surface area contributed by atoms with Crippen LogP contribution in [0.3, 0.4) is 0 Å². The van der Waals surface area contributed by atoms with E-state index in [2.05, 4.69) is 10.1 Å². The molecule has 0 aromatic carbocycles. The van der Waals surface area contributed by atoms with Crippen molar-refractivity contribution in [2.45, 2.75) is 57.5 Å². The Morgan fingerprint density at radius 3 is 2.47 bits per heavy atom. The molecule has 1 atom stereocenters. The highest BCUT2D eigenvalue weighted by Gasteiger charge is 2.21. The molecule has 0 spiro atoms. The number of hydrogen-bond acceptors (Lipinski definition) is 4. The molecule has 4 nitrogen and oxygen atoms in total. The van der Waals surface area contributed by atoms with Crippen LogP contribution in [0.1, 0.15) is 69.2 Å². The summed E-state index contributed by atoms with van der Waals surface area (Å²) in [7, 11) is 0. The minimum atomic E-state index is -0.631. The van der Waals surface area contributed by atoms with Crippen molar-refractivity contribution in [3.8, 4) is 0 Å². The fourth-order valence-corrected chi connectivity index (χ4v) is 2.11. The average Bonchev–Trinajstić information content (AvgIpc) is 2.55. The van der Waals surface area contributed by atoms with E-state index in [1.54, 1.807) is 6.92 Å². The first-order chi connectivity index (χ1) is 7.27. The molecule has 1 aliphatic carbocycles. The Hall–Kier alpha value is -0.900. The minimum Gasteiger partial charge on any atom is -0.385 e. The van der Waals surface area contributed by atoms with Gasteiger partial charge in [-0.2, -0.15) is 4.98 Å². The van der Waals surface area contributed by atoms with E-state index in [1.165, 1.54) is 25.7 Å². The zero-order chi connectivity index (χ0) is 10.7. The lowest BCUT2D eigenvalue weighted by Crippen LogP contribution is -1.99. The summed E-state index contributed by atoms with van der Waals surface area (Å²) >= 11 is 0. The van der Waals surface area contributed by atoms with Crippen LogP contribution in [0.25, 0.3) is 0 Å². The molecule has 4 heteroatoms. The Morgan fingerprint density at radius 2 is 1.93 bits per heavy atom. The Morgan fingerprint density at radius 1 is 1.27 bits per heavy atom. The smallest absolute Gasteiger partial charge is 0.229 e. The monoisotopic (exact) mass is 210 g/mol. The van der Waals surface area contributed by atoms with Crippen molar-refractivity contribution >= 4 is 0 Å². The normalized spacial score (nSPS) is 21.2. The van der Waals surface area contributed by atoms with Gasteiger partial charge >= 0.3 is 0 Å². The summed E-state index contributed by atoms with van der Waals surface area (Å²) in [5, 5.41) is 13.1. The topological polar surface area (TPSA) is 59.2 Å². The molecule has 1 aliphatic rings. The third kappa shape index (κ3) is 2.56. The van der Waals surface area contributed by atoms with Gasteiger partial charge in [-0.25, -0.2) is 0 Å². The molecule has 84 valence electrons. The van der Waals surface area contributed by atoms with Gasteiger partial charge < -0.3 is 9.63 Å².